The average Bonchev–Trinajstić information content (AvgIpc) is 2.04. The Hall–Kier alpha value is -0.0400. The quantitative estimate of drug-likeness (QED) is 0.637. The molecule has 1 nitrogen and oxygen atoms in total. The molecule has 1 heteroatoms. The van der Waals surface area contributed by atoms with Crippen LogP contribution >= 0.6 is 0 Å². The van der Waals surface area contributed by atoms with Gasteiger partial charge in [-0.25, -0.2) is 0 Å². The zero-order valence-electron chi connectivity index (χ0n) is 8.56. The number of nitrogens with two attached hydrogens (primary N) is 1. The maximum absolute atomic E-state index is 5.87. The highest BCUT2D eigenvalue weighted by Gasteiger charge is 2.58. The molecule has 3 saturated carbocycles. The van der Waals surface area contributed by atoms with Crippen LogP contribution in [-0.2, 0) is 0 Å². The van der Waals surface area contributed by atoms with Gasteiger partial charge in [-0.15, -0.1) is 0 Å². The molecular weight excluding hydrogens is 146 g/mol. The van der Waals surface area contributed by atoms with Crippen molar-refractivity contribution >= 4 is 0 Å². The fourth-order valence-electron chi connectivity index (χ4n) is 3.61. The van der Waals surface area contributed by atoms with Crippen molar-refractivity contribution in [1.82, 2.24) is 0 Å². The third-order valence-corrected chi connectivity index (χ3v) is 4.84. The summed E-state index contributed by atoms with van der Waals surface area (Å²) in [6.45, 7) is 8.13. The maximum atomic E-state index is 5.87. The molecule has 2 bridgehead atoms. The standard InChI is InChI=1S/C11H21N/c1-10(2)8-4-5-11(3,7-12)9(10)6-8/h8-9H,4-7,12H2,1-3H3. The highest BCUT2D eigenvalue weighted by atomic mass is 14.7. The smallest absolute Gasteiger partial charge is 0.00203 e. The molecule has 3 atom stereocenters. The number of hydrogen-bond donors (Lipinski definition) is 1. The highest BCUT2D eigenvalue weighted by molar-refractivity contribution is 5.08. The van der Waals surface area contributed by atoms with E-state index in [9.17, 15) is 0 Å². The van der Waals surface area contributed by atoms with Crippen molar-refractivity contribution in [2.24, 2.45) is 28.4 Å². The van der Waals surface area contributed by atoms with Crippen LogP contribution in [0.25, 0.3) is 0 Å². The SMILES string of the molecule is CC1(CN)CCC2CC1C2(C)C. The van der Waals surface area contributed by atoms with Gasteiger partial charge in [-0.05, 0) is 48.5 Å². The summed E-state index contributed by atoms with van der Waals surface area (Å²) in [4.78, 5) is 0. The Morgan fingerprint density at radius 1 is 1.33 bits per heavy atom. The van der Waals surface area contributed by atoms with Gasteiger partial charge in [0.1, 0.15) is 0 Å². The van der Waals surface area contributed by atoms with Gasteiger partial charge in [0.05, 0.1) is 0 Å². The molecule has 0 heterocycles. The number of rotatable bonds is 1. The Balaban J connectivity index is 2.21. The van der Waals surface area contributed by atoms with Gasteiger partial charge in [-0.3, -0.25) is 0 Å². The lowest BCUT2D eigenvalue weighted by molar-refractivity contribution is -0.145. The number of hydrogen-bond acceptors (Lipinski definition) is 1. The summed E-state index contributed by atoms with van der Waals surface area (Å²) in [6.07, 6.45) is 4.22. The normalized spacial score (nSPS) is 50.0. The van der Waals surface area contributed by atoms with E-state index in [-0.39, 0.29) is 0 Å². The lowest BCUT2D eigenvalue weighted by atomic mass is 9.41. The second-order valence-corrected chi connectivity index (χ2v) is 5.70. The molecule has 0 radical (unpaired) electrons. The van der Waals surface area contributed by atoms with E-state index in [1.165, 1.54) is 19.3 Å². The summed E-state index contributed by atoms with van der Waals surface area (Å²) < 4.78 is 0. The molecule has 0 aromatic rings. The summed E-state index contributed by atoms with van der Waals surface area (Å²) in [6, 6.07) is 0. The predicted octanol–water partition coefficient (Wildman–Crippen LogP) is 2.41. The van der Waals surface area contributed by atoms with Crippen LogP contribution in [0.1, 0.15) is 40.0 Å². The molecule has 0 spiro atoms. The Kier molecular flexibility index (Phi) is 1.61. The van der Waals surface area contributed by atoms with Gasteiger partial charge >= 0.3 is 0 Å². The van der Waals surface area contributed by atoms with E-state index in [1.54, 1.807) is 0 Å². The van der Waals surface area contributed by atoms with Gasteiger partial charge in [-0.2, -0.15) is 0 Å². The Bertz CT molecular complexity index is 195. The molecule has 3 unspecified atom stereocenters. The van der Waals surface area contributed by atoms with E-state index >= 15 is 0 Å². The van der Waals surface area contributed by atoms with E-state index in [1.807, 2.05) is 0 Å². The highest BCUT2D eigenvalue weighted by Crippen LogP contribution is 2.65. The monoisotopic (exact) mass is 167 g/mol. The molecule has 0 aromatic carbocycles. The third-order valence-electron chi connectivity index (χ3n) is 4.84. The largest absolute Gasteiger partial charge is 0.330 e. The average molecular weight is 167 g/mol. The van der Waals surface area contributed by atoms with Crippen molar-refractivity contribution in [3.63, 3.8) is 0 Å². The summed E-state index contributed by atoms with van der Waals surface area (Å²) in [5, 5.41) is 0. The lowest BCUT2D eigenvalue weighted by Crippen LogP contribution is -2.58. The fraction of sp³-hybridized carbons (Fsp3) is 1.00. The molecule has 3 aliphatic carbocycles. The molecule has 3 fully saturated rings. The van der Waals surface area contributed by atoms with Crippen molar-refractivity contribution in [2.45, 2.75) is 40.0 Å². The first-order valence-corrected chi connectivity index (χ1v) is 5.21. The first-order valence-electron chi connectivity index (χ1n) is 5.21. The second kappa shape index (κ2) is 2.25. The molecule has 12 heavy (non-hydrogen) atoms. The zero-order valence-corrected chi connectivity index (χ0v) is 8.56. The van der Waals surface area contributed by atoms with Crippen LogP contribution in [0, 0.1) is 22.7 Å². The summed E-state index contributed by atoms with van der Waals surface area (Å²) in [5.41, 5.74) is 6.92. The minimum atomic E-state index is 0.457. The van der Waals surface area contributed by atoms with Gasteiger partial charge in [0, 0.05) is 0 Å². The van der Waals surface area contributed by atoms with Crippen LogP contribution < -0.4 is 5.73 Å². The van der Waals surface area contributed by atoms with Gasteiger partial charge in [-0.1, -0.05) is 20.8 Å². The van der Waals surface area contributed by atoms with E-state index in [4.69, 9.17) is 5.73 Å². The Morgan fingerprint density at radius 3 is 2.33 bits per heavy atom. The molecule has 0 aliphatic heterocycles. The summed E-state index contributed by atoms with van der Waals surface area (Å²) in [5.74, 6) is 1.90. The van der Waals surface area contributed by atoms with Gasteiger partial charge in [0.2, 0.25) is 0 Å². The molecule has 0 aromatic heterocycles. The van der Waals surface area contributed by atoms with Crippen molar-refractivity contribution in [2.75, 3.05) is 6.54 Å². The molecular formula is C11H21N. The zero-order chi connectivity index (χ0) is 8.98. The minimum absolute atomic E-state index is 0.457. The van der Waals surface area contributed by atoms with E-state index in [0.29, 0.717) is 10.8 Å². The maximum Gasteiger partial charge on any atom is -0.00203 e. The molecule has 0 amide bonds. The minimum Gasteiger partial charge on any atom is -0.330 e. The van der Waals surface area contributed by atoms with Crippen molar-refractivity contribution in [3.8, 4) is 0 Å². The second-order valence-electron chi connectivity index (χ2n) is 5.70. The van der Waals surface area contributed by atoms with Crippen LogP contribution in [0.4, 0.5) is 0 Å². The Morgan fingerprint density at radius 2 is 2.00 bits per heavy atom. The molecule has 70 valence electrons. The van der Waals surface area contributed by atoms with Crippen LogP contribution in [0.2, 0.25) is 0 Å². The topological polar surface area (TPSA) is 26.0 Å². The lowest BCUT2D eigenvalue weighted by Gasteiger charge is -2.64. The van der Waals surface area contributed by atoms with Crippen LogP contribution in [0.15, 0.2) is 0 Å². The van der Waals surface area contributed by atoms with E-state index in [2.05, 4.69) is 20.8 Å². The number of fused-ring (bicyclic) bond motifs is 2. The van der Waals surface area contributed by atoms with Gasteiger partial charge in [0.15, 0.2) is 0 Å². The fourth-order valence-corrected chi connectivity index (χ4v) is 3.61. The van der Waals surface area contributed by atoms with Crippen molar-refractivity contribution < 1.29 is 0 Å². The summed E-state index contributed by atoms with van der Waals surface area (Å²) in [7, 11) is 0. The van der Waals surface area contributed by atoms with Crippen molar-refractivity contribution in [3.05, 3.63) is 0 Å². The molecule has 3 aliphatic rings. The van der Waals surface area contributed by atoms with Crippen LogP contribution in [0.5, 0.6) is 0 Å². The first kappa shape index (κ1) is 8.55. The van der Waals surface area contributed by atoms with Gasteiger partial charge in [0.25, 0.3) is 0 Å². The van der Waals surface area contributed by atoms with Crippen molar-refractivity contribution in [1.29, 1.82) is 0 Å². The Labute approximate surface area is 75.7 Å². The molecule has 3 rings (SSSR count). The van der Waals surface area contributed by atoms with Crippen LogP contribution in [0.3, 0.4) is 0 Å². The molecule has 0 saturated heterocycles. The summed E-state index contributed by atoms with van der Waals surface area (Å²) >= 11 is 0. The third kappa shape index (κ3) is 0.834. The van der Waals surface area contributed by atoms with E-state index < -0.39 is 0 Å². The first-order chi connectivity index (χ1) is 5.50. The molecule has 2 N–H and O–H groups in total. The van der Waals surface area contributed by atoms with Crippen LogP contribution in [-0.4, -0.2) is 6.54 Å². The predicted molar refractivity (Wildman–Crippen MR) is 51.8 cm³/mol. The van der Waals surface area contributed by atoms with E-state index in [0.717, 1.165) is 18.4 Å². The van der Waals surface area contributed by atoms with Gasteiger partial charge < -0.3 is 5.73 Å².